The molecular weight excluding hydrogens is 312 g/mol. The lowest BCUT2D eigenvalue weighted by Crippen LogP contribution is -2.13. The zero-order valence-corrected chi connectivity index (χ0v) is 12.8. The largest absolute Gasteiger partial charge is 0.496 e. The minimum Gasteiger partial charge on any atom is -0.496 e. The monoisotopic (exact) mass is 324 g/mol. The van der Waals surface area contributed by atoms with Crippen molar-refractivity contribution in [3.63, 3.8) is 0 Å². The fourth-order valence-corrected chi connectivity index (χ4v) is 2.04. The van der Waals surface area contributed by atoms with E-state index >= 15 is 0 Å². The Morgan fingerprint density at radius 1 is 1.45 bits per heavy atom. The zero-order chi connectivity index (χ0) is 16.4. The van der Waals surface area contributed by atoms with E-state index in [1.165, 1.54) is 30.0 Å². The van der Waals surface area contributed by atoms with Gasteiger partial charge in [-0.25, -0.2) is 0 Å². The summed E-state index contributed by atoms with van der Waals surface area (Å²) in [7, 11) is 3.04. The number of carbonyl (C=O) groups excluding carboxylic acids is 1. The van der Waals surface area contributed by atoms with E-state index in [1.54, 1.807) is 14.0 Å². The predicted octanol–water partition coefficient (Wildman–Crippen LogP) is 2.55. The summed E-state index contributed by atoms with van der Waals surface area (Å²) >= 11 is 6.04. The molecule has 22 heavy (non-hydrogen) atoms. The number of aromatic nitrogens is 2. The van der Waals surface area contributed by atoms with Gasteiger partial charge in [-0.05, 0) is 6.92 Å². The average molecular weight is 325 g/mol. The van der Waals surface area contributed by atoms with Crippen LogP contribution in [0.3, 0.4) is 0 Å². The number of nitro benzene ring substituents is 1. The van der Waals surface area contributed by atoms with Crippen LogP contribution in [0.5, 0.6) is 5.75 Å². The lowest BCUT2D eigenvalue weighted by Gasteiger charge is -2.06. The van der Waals surface area contributed by atoms with Crippen molar-refractivity contribution in [1.29, 1.82) is 0 Å². The number of halogens is 1. The van der Waals surface area contributed by atoms with Crippen molar-refractivity contribution >= 4 is 28.9 Å². The fourth-order valence-electron chi connectivity index (χ4n) is 1.80. The maximum absolute atomic E-state index is 12.2. The third kappa shape index (κ3) is 3.01. The van der Waals surface area contributed by atoms with E-state index in [0.717, 1.165) is 0 Å². The SMILES string of the molecule is COc1cc(NC(=O)c2nn(C)c(C)c2Cl)cc([N+](=O)[O-])c1. The number of nitro groups is 1. The molecule has 2 aromatic rings. The number of ether oxygens (including phenoxy) is 1. The van der Waals surface area contributed by atoms with Gasteiger partial charge in [-0.3, -0.25) is 19.6 Å². The Kier molecular flexibility index (Phi) is 4.32. The lowest BCUT2D eigenvalue weighted by atomic mass is 10.2. The molecule has 1 amide bonds. The number of non-ortho nitro benzene ring substituents is 1. The van der Waals surface area contributed by atoms with Crippen LogP contribution < -0.4 is 10.1 Å². The Balaban J connectivity index is 2.33. The van der Waals surface area contributed by atoms with Gasteiger partial charge in [0, 0.05) is 19.2 Å². The second-order valence-electron chi connectivity index (χ2n) is 4.50. The van der Waals surface area contributed by atoms with Gasteiger partial charge in [0.05, 0.1) is 34.5 Å². The molecule has 8 nitrogen and oxygen atoms in total. The van der Waals surface area contributed by atoms with Crippen LogP contribution in [0.15, 0.2) is 18.2 Å². The maximum atomic E-state index is 12.2. The number of anilines is 1. The van der Waals surface area contributed by atoms with E-state index in [4.69, 9.17) is 16.3 Å². The summed E-state index contributed by atoms with van der Waals surface area (Å²) in [6.07, 6.45) is 0. The highest BCUT2D eigenvalue weighted by molar-refractivity contribution is 6.34. The van der Waals surface area contributed by atoms with Crippen LogP contribution in [0.2, 0.25) is 5.02 Å². The van der Waals surface area contributed by atoms with Crippen LogP contribution in [0.1, 0.15) is 16.2 Å². The first-order valence-electron chi connectivity index (χ1n) is 6.17. The molecule has 0 saturated heterocycles. The van der Waals surface area contributed by atoms with Gasteiger partial charge in [0.1, 0.15) is 5.75 Å². The average Bonchev–Trinajstić information content (AvgIpc) is 2.74. The number of nitrogens with zero attached hydrogens (tertiary/aromatic N) is 3. The molecule has 0 bridgehead atoms. The van der Waals surface area contributed by atoms with E-state index in [0.29, 0.717) is 5.69 Å². The number of amides is 1. The van der Waals surface area contributed by atoms with E-state index in [2.05, 4.69) is 10.4 Å². The molecule has 0 saturated carbocycles. The van der Waals surface area contributed by atoms with Gasteiger partial charge in [-0.2, -0.15) is 5.10 Å². The second-order valence-corrected chi connectivity index (χ2v) is 4.88. The van der Waals surface area contributed by atoms with Gasteiger partial charge in [0.15, 0.2) is 5.69 Å². The molecule has 1 aromatic carbocycles. The summed E-state index contributed by atoms with van der Waals surface area (Å²) in [6.45, 7) is 1.72. The van der Waals surface area contributed by atoms with Gasteiger partial charge >= 0.3 is 0 Å². The summed E-state index contributed by atoms with van der Waals surface area (Å²) in [4.78, 5) is 22.5. The summed E-state index contributed by atoms with van der Waals surface area (Å²) in [5.41, 5.74) is 0.712. The maximum Gasteiger partial charge on any atom is 0.277 e. The van der Waals surface area contributed by atoms with E-state index in [9.17, 15) is 14.9 Å². The molecule has 1 N–H and O–H groups in total. The van der Waals surface area contributed by atoms with E-state index in [-0.39, 0.29) is 27.8 Å². The molecule has 0 spiro atoms. The summed E-state index contributed by atoms with van der Waals surface area (Å²) in [5.74, 6) is -0.302. The van der Waals surface area contributed by atoms with Gasteiger partial charge in [-0.1, -0.05) is 11.6 Å². The van der Waals surface area contributed by atoms with Crippen molar-refractivity contribution in [2.24, 2.45) is 7.05 Å². The number of benzene rings is 1. The molecule has 1 aromatic heterocycles. The van der Waals surface area contributed by atoms with Crippen molar-refractivity contribution in [1.82, 2.24) is 9.78 Å². The first-order chi connectivity index (χ1) is 10.3. The van der Waals surface area contributed by atoms with Crippen LogP contribution in [-0.2, 0) is 7.05 Å². The molecule has 0 aliphatic rings. The Morgan fingerprint density at radius 3 is 2.64 bits per heavy atom. The molecule has 116 valence electrons. The van der Waals surface area contributed by atoms with Crippen LogP contribution in [0.25, 0.3) is 0 Å². The second kappa shape index (κ2) is 6.02. The van der Waals surface area contributed by atoms with Crippen molar-refractivity contribution in [2.75, 3.05) is 12.4 Å². The van der Waals surface area contributed by atoms with Crippen LogP contribution in [0, 0.1) is 17.0 Å². The predicted molar refractivity (Wildman–Crippen MR) is 80.6 cm³/mol. The smallest absolute Gasteiger partial charge is 0.277 e. The Morgan fingerprint density at radius 2 is 2.14 bits per heavy atom. The van der Waals surface area contributed by atoms with Gasteiger partial charge < -0.3 is 10.1 Å². The molecule has 9 heteroatoms. The number of aryl methyl sites for hydroxylation is 1. The highest BCUT2D eigenvalue weighted by atomic mass is 35.5. The third-order valence-corrected chi connectivity index (χ3v) is 3.52. The quantitative estimate of drug-likeness (QED) is 0.688. The molecule has 2 rings (SSSR count). The molecular formula is C13H13ClN4O4. The number of hydrogen-bond acceptors (Lipinski definition) is 5. The molecule has 0 radical (unpaired) electrons. The van der Waals surface area contributed by atoms with Crippen LogP contribution >= 0.6 is 11.6 Å². The highest BCUT2D eigenvalue weighted by Gasteiger charge is 2.19. The molecule has 0 fully saturated rings. The summed E-state index contributed by atoms with van der Waals surface area (Å²) < 4.78 is 6.46. The number of methoxy groups -OCH3 is 1. The fraction of sp³-hybridized carbons (Fsp3) is 0.231. The van der Waals surface area contributed by atoms with E-state index < -0.39 is 10.8 Å². The summed E-state index contributed by atoms with van der Waals surface area (Å²) in [6, 6.07) is 3.95. The highest BCUT2D eigenvalue weighted by Crippen LogP contribution is 2.27. The number of nitrogens with one attached hydrogen (secondary N) is 1. The molecule has 0 unspecified atom stereocenters. The first-order valence-corrected chi connectivity index (χ1v) is 6.55. The van der Waals surface area contributed by atoms with Gasteiger partial charge in [-0.15, -0.1) is 0 Å². The van der Waals surface area contributed by atoms with Crippen LogP contribution in [-0.4, -0.2) is 27.7 Å². The third-order valence-electron chi connectivity index (χ3n) is 3.07. The molecule has 0 atom stereocenters. The minimum absolute atomic E-state index is 0.0483. The topological polar surface area (TPSA) is 99.3 Å². The van der Waals surface area contributed by atoms with Gasteiger partial charge in [0.25, 0.3) is 11.6 Å². The Hall–Kier alpha value is -2.61. The van der Waals surface area contributed by atoms with Crippen molar-refractivity contribution in [3.8, 4) is 5.75 Å². The first kappa shape index (κ1) is 15.8. The van der Waals surface area contributed by atoms with Gasteiger partial charge in [0.2, 0.25) is 0 Å². The number of hydrogen-bond donors (Lipinski definition) is 1. The summed E-state index contributed by atoms with van der Waals surface area (Å²) in [5, 5.41) is 17.7. The Labute approximate surface area is 130 Å². The standard InChI is InChI=1S/C13H13ClN4O4/c1-7-11(14)12(16-17(7)2)13(19)15-8-4-9(18(20)21)6-10(5-8)22-3/h4-6H,1-3H3,(H,15,19). The molecule has 1 heterocycles. The van der Waals surface area contributed by atoms with Crippen molar-refractivity contribution in [2.45, 2.75) is 6.92 Å². The lowest BCUT2D eigenvalue weighted by molar-refractivity contribution is -0.384. The minimum atomic E-state index is -0.573. The number of carbonyl (C=O) groups is 1. The Bertz CT molecular complexity index is 757. The zero-order valence-electron chi connectivity index (χ0n) is 12.1. The van der Waals surface area contributed by atoms with E-state index in [1.807, 2.05) is 0 Å². The van der Waals surface area contributed by atoms with Crippen molar-refractivity contribution in [3.05, 3.63) is 44.7 Å². The molecule has 0 aliphatic carbocycles. The molecule has 0 aliphatic heterocycles. The number of rotatable bonds is 4. The van der Waals surface area contributed by atoms with Crippen LogP contribution in [0.4, 0.5) is 11.4 Å². The normalized spacial score (nSPS) is 10.4. The van der Waals surface area contributed by atoms with Crippen molar-refractivity contribution < 1.29 is 14.5 Å².